The Hall–Kier alpha value is -1.44. The molecule has 1 aromatic rings. The molecule has 1 amide bonds. The van der Waals surface area contributed by atoms with E-state index in [-0.39, 0.29) is 5.91 Å². The predicted octanol–water partition coefficient (Wildman–Crippen LogP) is 1.56. The second-order valence-corrected chi connectivity index (χ2v) is 9.49. The smallest absolute Gasteiger partial charge is 0.243 e. The van der Waals surface area contributed by atoms with Gasteiger partial charge in [-0.15, -0.1) is 0 Å². The summed E-state index contributed by atoms with van der Waals surface area (Å²) in [6.45, 7) is 5.75. The summed E-state index contributed by atoms with van der Waals surface area (Å²) in [5, 5.41) is 0. The zero-order chi connectivity index (χ0) is 18.7. The third kappa shape index (κ3) is 4.45. The third-order valence-electron chi connectivity index (χ3n) is 5.55. The molecule has 2 saturated heterocycles. The van der Waals surface area contributed by atoms with E-state index in [1.54, 1.807) is 12.1 Å². The molecule has 0 unspecified atom stereocenters. The van der Waals surface area contributed by atoms with E-state index in [0.717, 1.165) is 31.5 Å². The number of nitrogens with zero attached hydrogens (tertiary/aromatic N) is 3. The maximum atomic E-state index is 12.7. The van der Waals surface area contributed by atoms with E-state index in [1.807, 2.05) is 24.0 Å². The Kier molecular flexibility index (Phi) is 5.99. The highest BCUT2D eigenvalue weighted by atomic mass is 32.2. The molecule has 0 aliphatic carbocycles. The highest BCUT2D eigenvalue weighted by molar-refractivity contribution is 7.89. The standard InChI is InChI=1S/C19H29N3O3S/c1-16-3-5-18(6-4-16)26(24,25)22-13-11-21(12-14-22)19(23)15-17-7-9-20(2)10-8-17/h3-6,17H,7-15H2,1-2H3. The lowest BCUT2D eigenvalue weighted by Gasteiger charge is -2.35. The van der Waals surface area contributed by atoms with Crippen molar-refractivity contribution in [2.24, 2.45) is 5.92 Å². The molecule has 2 aliphatic rings. The van der Waals surface area contributed by atoms with Crippen LogP contribution in [-0.2, 0) is 14.8 Å². The number of carbonyl (C=O) groups is 1. The van der Waals surface area contributed by atoms with Gasteiger partial charge >= 0.3 is 0 Å². The van der Waals surface area contributed by atoms with Gasteiger partial charge in [0.2, 0.25) is 15.9 Å². The number of benzene rings is 1. The van der Waals surface area contributed by atoms with Crippen LogP contribution in [0.25, 0.3) is 0 Å². The van der Waals surface area contributed by atoms with Gasteiger partial charge in [-0.3, -0.25) is 4.79 Å². The highest BCUT2D eigenvalue weighted by Gasteiger charge is 2.31. The fourth-order valence-electron chi connectivity index (χ4n) is 3.68. The zero-order valence-corrected chi connectivity index (χ0v) is 16.5. The molecule has 26 heavy (non-hydrogen) atoms. The summed E-state index contributed by atoms with van der Waals surface area (Å²) in [6.07, 6.45) is 2.74. The van der Waals surface area contributed by atoms with Crippen molar-refractivity contribution < 1.29 is 13.2 Å². The number of sulfonamides is 1. The van der Waals surface area contributed by atoms with Crippen molar-refractivity contribution >= 4 is 15.9 Å². The highest BCUT2D eigenvalue weighted by Crippen LogP contribution is 2.22. The van der Waals surface area contributed by atoms with Gasteiger partial charge in [0.05, 0.1) is 4.90 Å². The number of hydrogen-bond donors (Lipinski definition) is 0. The number of hydrogen-bond acceptors (Lipinski definition) is 4. The van der Waals surface area contributed by atoms with E-state index in [9.17, 15) is 13.2 Å². The average molecular weight is 380 g/mol. The van der Waals surface area contributed by atoms with Gasteiger partial charge in [-0.25, -0.2) is 8.42 Å². The Balaban J connectivity index is 1.53. The minimum absolute atomic E-state index is 0.173. The number of aryl methyl sites for hydroxylation is 1. The van der Waals surface area contributed by atoms with Crippen molar-refractivity contribution in [2.45, 2.75) is 31.1 Å². The molecule has 0 spiro atoms. The first-order valence-corrected chi connectivity index (χ1v) is 10.8. The summed E-state index contributed by atoms with van der Waals surface area (Å²) in [5.41, 5.74) is 1.04. The Morgan fingerprint density at radius 2 is 1.58 bits per heavy atom. The van der Waals surface area contributed by atoms with E-state index in [0.29, 0.717) is 43.4 Å². The van der Waals surface area contributed by atoms with E-state index >= 15 is 0 Å². The zero-order valence-electron chi connectivity index (χ0n) is 15.7. The van der Waals surface area contributed by atoms with Crippen molar-refractivity contribution in [2.75, 3.05) is 46.3 Å². The van der Waals surface area contributed by atoms with Crippen molar-refractivity contribution in [3.05, 3.63) is 29.8 Å². The summed E-state index contributed by atoms with van der Waals surface area (Å²) in [7, 11) is -1.35. The topological polar surface area (TPSA) is 60.9 Å². The molecule has 2 fully saturated rings. The molecule has 3 rings (SSSR count). The maximum absolute atomic E-state index is 12.7. The van der Waals surface area contributed by atoms with Crippen LogP contribution in [0.15, 0.2) is 29.2 Å². The Morgan fingerprint density at radius 1 is 1.00 bits per heavy atom. The number of amides is 1. The molecule has 2 heterocycles. The largest absolute Gasteiger partial charge is 0.340 e. The van der Waals surface area contributed by atoms with Gasteiger partial charge in [0, 0.05) is 32.6 Å². The van der Waals surface area contributed by atoms with Crippen LogP contribution in [0.3, 0.4) is 0 Å². The van der Waals surface area contributed by atoms with Crippen LogP contribution in [0.1, 0.15) is 24.8 Å². The molecule has 144 valence electrons. The van der Waals surface area contributed by atoms with Crippen LogP contribution < -0.4 is 0 Å². The number of rotatable bonds is 4. The van der Waals surface area contributed by atoms with Crippen molar-refractivity contribution in [3.63, 3.8) is 0 Å². The van der Waals surface area contributed by atoms with E-state index in [4.69, 9.17) is 0 Å². The van der Waals surface area contributed by atoms with Crippen LogP contribution in [-0.4, -0.2) is 74.7 Å². The monoisotopic (exact) mass is 379 g/mol. The van der Waals surface area contributed by atoms with Gasteiger partial charge < -0.3 is 9.80 Å². The van der Waals surface area contributed by atoms with Gasteiger partial charge in [-0.1, -0.05) is 17.7 Å². The summed E-state index contributed by atoms with van der Waals surface area (Å²) < 4.78 is 27.0. The molecule has 0 atom stereocenters. The third-order valence-corrected chi connectivity index (χ3v) is 7.46. The molecule has 0 radical (unpaired) electrons. The fraction of sp³-hybridized carbons (Fsp3) is 0.632. The Bertz CT molecular complexity index is 717. The van der Waals surface area contributed by atoms with Crippen LogP contribution in [0, 0.1) is 12.8 Å². The molecule has 0 bridgehead atoms. The molecule has 0 saturated carbocycles. The van der Waals surface area contributed by atoms with Crippen LogP contribution >= 0.6 is 0 Å². The minimum Gasteiger partial charge on any atom is -0.340 e. The summed E-state index contributed by atoms with van der Waals surface area (Å²) >= 11 is 0. The van der Waals surface area contributed by atoms with E-state index < -0.39 is 10.0 Å². The normalized spacial score (nSPS) is 21.1. The molecular weight excluding hydrogens is 350 g/mol. The fourth-order valence-corrected chi connectivity index (χ4v) is 5.10. The summed E-state index contributed by atoms with van der Waals surface area (Å²) in [5.74, 6) is 0.639. The second kappa shape index (κ2) is 8.06. The van der Waals surface area contributed by atoms with Gasteiger partial charge in [0.25, 0.3) is 0 Å². The first-order chi connectivity index (χ1) is 12.4. The minimum atomic E-state index is -3.47. The van der Waals surface area contributed by atoms with Crippen molar-refractivity contribution in [1.29, 1.82) is 0 Å². The average Bonchev–Trinajstić information content (AvgIpc) is 2.64. The van der Waals surface area contributed by atoms with Gasteiger partial charge in [0.1, 0.15) is 0 Å². The van der Waals surface area contributed by atoms with E-state index in [2.05, 4.69) is 11.9 Å². The first-order valence-electron chi connectivity index (χ1n) is 9.39. The van der Waals surface area contributed by atoms with Crippen LogP contribution in [0.4, 0.5) is 0 Å². The van der Waals surface area contributed by atoms with E-state index in [1.165, 1.54) is 4.31 Å². The Labute approximate surface area is 156 Å². The van der Waals surface area contributed by atoms with Gasteiger partial charge in [0.15, 0.2) is 0 Å². The van der Waals surface area contributed by atoms with Crippen molar-refractivity contribution in [3.8, 4) is 0 Å². The molecule has 2 aliphatic heterocycles. The van der Waals surface area contributed by atoms with Gasteiger partial charge in [-0.2, -0.15) is 4.31 Å². The quantitative estimate of drug-likeness (QED) is 0.797. The number of piperazine rings is 1. The number of piperidine rings is 1. The molecule has 0 aromatic heterocycles. The molecule has 7 heteroatoms. The summed E-state index contributed by atoms with van der Waals surface area (Å²) in [4.78, 5) is 17.0. The van der Waals surface area contributed by atoms with Crippen molar-refractivity contribution in [1.82, 2.24) is 14.1 Å². The maximum Gasteiger partial charge on any atom is 0.243 e. The number of likely N-dealkylation sites (tertiary alicyclic amines) is 1. The lowest BCUT2D eigenvalue weighted by molar-refractivity contribution is -0.133. The molecule has 1 aromatic carbocycles. The van der Waals surface area contributed by atoms with Crippen LogP contribution in [0.2, 0.25) is 0 Å². The molecule has 6 nitrogen and oxygen atoms in total. The molecule has 0 N–H and O–H groups in total. The Morgan fingerprint density at radius 3 is 2.15 bits per heavy atom. The lowest BCUT2D eigenvalue weighted by atomic mass is 9.93. The lowest BCUT2D eigenvalue weighted by Crippen LogP contribution is -2.50. The summed E-state index contributed by atoms with van der Waals surface area (Å²) in [6, 6.07) is 6.94. The first kappa shape index (κ1) is 19.3. The number of carbonyl (C=O) groups excluding carboxylic acids is 1. The predicted molar refractivity (Wildman–Crippen MR) is 101 cm³/mol. The second-order valence-electron chi connectivity index (χ2n) is 7.55. The SMILES string of the molecule is Cc1ccc(S(=O)(=O)N2CCN(C(=O)CC3CCN(C)CC3)CC2)cc1. The van der Waals surface area contributed by atoms with Gasteiger partial charge in [-0.05, 0) is 58.0 Å². The molecular formula is C19H29N3O3S. The van der Waals surface area contributed by atoms with Crippen LogP contribution in [0.5, 0.6) is 0 Å².